The summed E-state index contributed by atoms with van der Waals surface area (Å²) in [6, 6.07) is 6.27. The summed E-state index contributed by atoms with van der Waals surface area (Å²) >= 11 is 0. The Labute approximate surface area is 95.2 Å². The molecule has 0 aliphatic carbocycles. The molecule has 1 aromatic rings. The summed E-state index contributed by atoms with van der Waals surface area (Å²) in [5, 5.41) is 0. The van der Waals surface area contributed by atoms with E-state index in [-0.39, 0.29) is 5.82 Å². The van der Waals surface area contributed by atoms with Gasteiger partial charge in [-0.15, -0.1) is 0 Å². The van der Waals surface area contributed by atoms with Crippen LogP contribution in [0.2, 0.25) is 0 Å². The number of halogens is 1. The van der Waals surface area contributed by atoms with Gasteiger partial charge in [-0.3, -0.25) is 0 Å². The number of piperidine rings is 1. The van der Waals surface area contributed by atoms with Crippen LogP contribution in [-0.2, 0) is 6.42 Å². The lowest BCUT2D eigenvalue weighted by Crippen LogP contribution is -2.49. The smallest absolute Gasteiger partial charge is 0.128 e. The van der Waals surface area contributed by atoms with Crippen molar-refractivity contribution in [2.75, 3.05) is 11.4 Å². The van der Waals surface area contributed by atoms with Gasteiger partial charge in [0, 0.05) is 29.9 Å². The SMILES string of the molecule is NC1CCN2c3cccc(F)c3CCC2C1. The highest BCUT2D eigenvalue weighted by atomic mass is 19.1. The van der Waals surface area contributed by atoms with Crippen LogP contribution in [0.25, 0.3) is 0 Å². The quantitative estimate of drug-likeness (QED) is 0.725. The molecule has 0 aromatic heterocycles. The van der Waals surface area contributed by atoms with Crippen molar-refractivity contribution in [3.63, 3.8) is 0 Å². The molecule has 16 heavy (non-hydrogen) atoms. The van der Waals surface area contributed by atoms with Crippen LogP contribution >= 0.6 is 0 Å². The van der Waals surface area contributed by atoms with Crippen LogP contribution in [0.3, 0.4) is 0 Å². The molecule has 1 aromatic carbocycles. The number of nitrogens with two attached hydrogens (primary N) is 1. The third-order valence-electron chi connectivity index (χ3n) is 3.89. The van der Waals surface area contributed by atoms with Crippen molar-refractivity contribution in [1.82, 2.24) is 0 Å². The molecule has 2 aliphatic heterocycles. The molecular weight excluding hydrogens is 203 g/mol. The molecule has 2 unspecified atom stereocenters. The molecule has 0 spiro atoms. The Morgan fingerprint density at radius 1 is 1.31 bits per heavy atom. The van der Waals surface area contributed by atoms with Crippen LogP contribution in [0.5, 0.6) is 0 Å². The van der Waals surface area contributed by atoms with E-state index < -0.39 is 0 Å². The fourth-order valence-corrected chi connectivity index (χ4v) is 3.05. The predicted molar refractivity (Wildman–Crippen MR) is 63.1 cm³/mol. The number of rotatable bonds is 0. The van der Waals surface area contributed by atoms with E-state index in [9.17, 15) is 4.39 Å². The summed E-state index contributed by atoms with van der Waals surface area (Å²) in [5.41, 5.74) is 7.99. The molecule has 2 aliphatic rings. The van der Waals surface area contributed by atoms with E-state index in [0.29, 0.717) is 12.1 Å². The molecule has 0 amide bonds. The van der Waals surface area contributed by atoms with E-state index in [1.807, 2.05) is 12.1 Å². The van der Waals surface area contributed by atoms with Crippen molar-refractivity contribution in [2.24, 2.45) is 5.73 Å². The highest BCUT2D eigenvalue weighted by Gasteiger charge is 2.32. The zero-order valence-corrected chi connectivity index (χ0v) is 9.32. The minimum Gasteiger partial charge on any atom is -0.368 e. The number of anilines is 1. The summed E-state index contributed by atoms with van der Waals surface area (Å²) in [5.74, 6) is -0.0502. The Morgan fingerprint density at radius 3 is 3.06 bits per heavy atom. The Kier molecular flexibility index (Phi) is 2.36. The van der Waals surface area contributed by atoms with Gasteiger partial charge in [-0.25, -0.2) is 4.39 Å². The lowest BCUT2D eigenvalue weighted by atomic mass is 9.87. The minimum absolute atomic E-state index is 0.0502. The average Bonchev–Trinajstić information content (AvgIpc) is 2.28. The Morgan fingerprint density at radius 2 is 2.19 bits per heavy atom. The summed E-state index contributed by atoms with van der Waals surface area (Å²) in [4.78, 5) is 2.35. The first-order valence-electron chi connectivity index (χ1n) is 6.05. The number of hydrogen-bond donors (Lipinski definition) is 1. The van der Waals surface area contributed by atoms with Gasteiger partial charge in [0.25, 0.3) is 0 Å². The van der Waals surface area contributed by atoms with Gasteiger partial charge in [-0.2, -0.15) is 0 Å². The van der Waals surface area contributed by atoms with Crippen molar-refractivity contribution in [3.8, 4) is 0 Å². The molecule has 2 heterocycles. The maximum atomic E-state index is 13.7. The van der Waals surface area contributed by atoms with E-state index in [1.165, 1.54) is 0 Å². The van der Waals surface area contributed by atoms with Crippen molar-refractivity contribution < 1.29 is 4.39 Å². The van der Waals surface area contributed by atoms with Gasteiger partial charge in [0.05, 0.1) is 0 Å². The van der Waals surface area contributed by atoms with Gasteiger partial charge in [0.1, 0.15) is 5.82 Å². The summed E-state index contributed by atoms with van der Waals surface area (Å²) in [7, 11) is 0. The van der Waals surface area contributed by atoms with Crippen LogP contribution in [-0.4, -0.2) is 18.6 Å². The molecule has 0 saturated carbocycles. The molecule has 1 saturated heterocycles. The third-order valence-corrected chi connectivity index (χ3v) is 3.89. The first kappa shape index (κ1) is 10.1. The van der Waals surface area contributed by atoms with Crippen molar-refractivity contribution in [1.29, 1.82) is 0 Å². The van der Waals surface area contributed by atoms with Crippen LogP contribution in [0, 0.1) is 5.82 Å². The zero-order chi connectivity index (χ0) is 11.1. The van der Waals surface area contributed by atoms with E-state index in [4.69, 9.17) is 5.73 Å². The van der Waals surface area contributed by atoms with Crippen molar-refractivity contribution >= 4 is 5.69 Å². The fourth-order valence-electron chi connectivity index (χ4n) is 3.05. The highest BCUT2D eigenvalue weighted by molar-refractivity contribution is 5.57. The molecular formula is C13H17FN2. The molecule has 0 bridgehead atoms. The highest BCUT2D eigenvalue weighted by Crippen LogP contribution is 2.36. The largest absolute Gasteiger partial charge is 0.368 e. The van der Waals surface area contributed by atoms with Gasteiger partial charge >= 0.3 is 0 Å². The first-order chi connectivity index (χ1) is 7.75. The molecule has 86 valence electrons. The van der Waals surface area contributed by atoms with Gasteiger partial charge in [-0.1, -0.05) is 6.07 Å². The van der Waals surface area contributed by atoms with Crippen LogP contribution in [0.4, 0.5) is 10.1 Å². The second-order valence-corrected chi connectivity index (χ2v) is 4.91. The maximum absolute atomic E-state index is 13.7. The standard InChI is InChI=1S/C13H17FN2/c14-12-2-1-3-13-11(12)5-4-10-8-9(15)6-7-16(10)13/h1-3,9-10H,4-8,15H2. The van der Waals surface area contributed by atoms with Crippen LogP contribution < -0.4 is 10.6 Å². The zero-order valence-electron chi connectivity index (χ0n) is 9.32. The van der Waals surface area contributed by atoms with Crippen molar-refractivity contribution in [3.05, 3.63) is 29.6 Å². The number of nitrogens with zero attached hydrogens (tertiary/aromatic N) is 1. The number of benzene rings is 1. The molecule has 2 N–H and O–H groups in total. The number of hydrogen-bond acceptors (Lipinski definition) is 2. The fraction of sp³-hybridized carbons (Fsp3) is 0.538. The van der Waals surface area contributed by atoms with Gasteiger partial charge < -0.3 is 10.6 Å². The summed E-state index contributed by atoms with van der Waals surface area (Å²) < 4.78 is 13.7. The molecule has 0 radical (unpaired) electrons. The minimum atomic E-state index is -0.0502. The molecule has 2 atom stereocenters. The lowest BCUT2D eigenvalue weighted by molar-refractivity contribution is 0.380. The Balaban J connectivity index is 1.97. The first-order valence-corrected chi connectivity index (χ1v) is 6.05. The van der Waals surface area contributed by atoms with E-state index >= 15 is 0 Å². The monoisotopic (exact) mass is 220 g/mol. The van der Waals surface area contributed by atoms with Crippen molar-refractivity contribution in [2.45, 2.75) is 37.8 Å². The molecule has 3 rings (SSSR count). The second-order valence-electron chi connectivity index (χ2n) is 4.91. The molecule has 3 heteroatoms. The molecule has 1 fully saturated rings. The van der Waals surface area contributed by atoms with E-state index in [0.717, 1.165) is 43.5 Å². The van der Waals surface area contributed by atoms with E-state index in [1.54, 1.807) is 6.07 Å². The number of fused-ring (bicyclic) bond motifs is 3. The molecule has 2 nitrogen and oxygen atoms in total. The summed E-state index contributed by atoms with van der Waals surface area (Å²) in [6.07, 6.45) is 3.97. The van der Waals surface area contributed by atoms with Gasteiger partial charge in [-0.05, 0) is 37.8 Å². The van der Waals surface area contributed by atoms with Crippen LogP contribution in [0.15, 0.2) is 18.2 Å². The maximum Gasteiger partial charge on any atom is 0.128 e. The van der Waals surface area contributed by atoms with Gasteiger partial charge in [0.15, 0.2) is 0 Å². The van der Waals surface area contributed by atoms with Gasteiger partial charge in [0.2, 0.25) is 0 Å². The topological polar surface area (TPSA) is 29.3 Å². The normalized spacial score (nSPS) is 28.5. The Hall–Kier alpha value is -1.09. The average molecular weight is 220 g/mol. The predicted octanol–water partition coefficient (Wildman–Crippen LogP) is 2.07. The Bertz CT molecular complexity index is 405. The van der Waals surface area contributed by atoms with Crippen LogP contribution in [0.1, 0.15) is 24.8 Å². The lowest BCUT2D eigenvalue weighted by Gasteiger charge is -2.44. The second kappa shape index (κ2) is 3.74. The van der Waals surface area contributed by atoms with E-state index in [2.05, 4.69) is 4.90 Å². The third kappa shape index (κ3) is 1.50. The summed E-state index contributed by atoms with van der Waals surface area (Å²) in [6.45, 7) is 0.974.